The van der Waals surface area contributed by atoms with E-state index < -0.39 is 0 Å². The van der Waals surface area contributed by atoms with E-state index in [4.69, 9.17) is 14.7 Å². The van der Waals surface area contributed by atoms with Gasteiger partial charge in [0.05, 0.1) is 22.4 Å². The molecule has 0 amide bonds. The number of benzene rings is 2. The van der Waals surface area contributed by atoms with E-state index in [0.29, 0.717) is 5.92 Å². The molecule has 1 aliphatic carbocycles. The van der Waals surface area contributed by atoms with Crippen molar-refractivity contribution in [2.24, 2.45) is 10.9 Å². The summed E-state index contributed by atoms with van der Waals surface area (Å²) in [5, 5.41) is 2.21. The largest absolute Gasteiger partial charge is 0.494 e. The summed E-state index contributed by atoms with van der Waals surface area (Å²) in [6.45, 7) is 7.31. The van der Waals surface area contributed by atoms with Crippen LogP contribution in [0.2, 0.25) is 0 Å². The molecule has 0 unspecified atom stereocenters. The van der Waals surface area contributed by atoms with E-state index in [1.165, 1.54) is 33.5 Å². The van der Waals surface area contributed by atoms with Crippen LogP contribution in [0.5, 0.6) is 5.75 Å². The Kier molecular flexibility index (Phi) is 6.61. The van der Waals surface area contributed by atoms with Gasteiger partial charge in [0.15, 0.2) is 0 Å². The zero-order valence-electron chi connectivity index (χ0n) is 19.6. The maximum atomic E-state index is 5.89. The Hall–Kier alpha value is -2.50. The summed E-state index contributed by atoms with van der Waals surface area (Å²) in [7, 11) is 0. The van der Waals surface area contributed by atoms with Crippen molar-refractivity contribution < 1.29 is 4.74 Å². The van der Waals surface area contributed by atoms with Crippen LogP contribution in [0.4, 0.5) is 5.00 Å². The lowest BCUT2D eigenvalue weighted by Gasteiger charge is -2.11. The number of para-hydroxylation sites is 1. The third kappa shape index (κ3) is 4.90. The fourth-order valence-electron chi connectivity index (χ4n) is 4.25. The van der Waals surface area contributed by atoms with Crippen LogP contribution in [0.3, 0.4) is 0 Å². The van der Waals surface area contributed by atoms with Crippen LogP contribution in [0.1, 0.15) is 56.0 Å². The molecule has 0 bridgehead atoms. The molecule has 1 aliphatic rings. The van der Waals surface area contributed by atoms with E-state index in [2.05, 4.69) is 69.3 Å². The number of rotatable bonds is 7. The summed E-state index contributed by atoms with van der Waals surface area (Å²) < 4.78 is 7.12. The molecule has 0 saturated heterocycles. The number of thiophene rings is 1. The SMILES string of the molecule is CC(=Nc1sc2c(c1-c1nc3ccccc3s1)CCCC2)c1ccc(OCCC(C)C)cc1. The van der Waals surface area contributed by atoms with Gasteiger partial charge in [0.1, 0.15) is 15.8 Å². The highest BCUT2D eigenvalue weighted by Gasteiger charge is 2.24. The Morgan fingerprint density at radius 1 is 1.03 bits per heavy atom. The fraction of sp³-hybridized carbons (Fsp3) is 0.357. The van der Waals surface area contributed by atoms with Crippen LogP contribution < -0.4 is 4.74 Å². The van der Waals surface area contributed by atoms with Gasteiger partial charge in [0, 0.05) is 10.6 Å². The highest BCUT2D eigenvalue weighted by Crippen LogP contribution is 2.47. The van der Waals surface area contributed by atoms with Gasteiger partial charge >= 0.3 is 0 Å². The molecule has 0 atom stereocenters. The zero-order chi connectivity index (χ0) is 22.8. The molecule has 0 spiro atoms. The van der Waals surface area contributed by atoms with E-state index in [-0.39, 0.29) is 0 Å². The first-order valence-corrected chi connectivity index (χ1v) is 13.5. The monoisotopic (exact) mass is 474 g/mol. The van der Waals surface area contributed by atoms with Gasteiger partial charge < -0.3 is 4.74 Å². The molecule has 4 aromatic rings. The molecule has 0 radical (unpaired) electrons. The predicted molar refractivity (Wildman–Crippen MR) is 143 cm³/mol. The van der Waals surface area contributed by atoms with Crippen molar-refractivity contribution in [2.75, 3.05) is 6.61 Å². The predicted octanol–water partition coefficient (Wildman–Crippen LogP) is 8.47. The van der Waals surface area contributed by atoms with Gasteiger partial charge in [0.25, 0.3) is 0 Å². The van der Waals surface area contributed by atoms with Crippen molar-refractivity contribution in [3.8, 4) is 16.3 Å². The fourth-order valence-corrected chi connectivity index (χ4v) is 6.67. The normalized spacial score (nSPS) is 14.1. The van der Waals surface area contributed by atoms with Crippen molar-refractivity contribution in [1.29, 1.82) is 0 Å². The summed E-state index contributed by atoms with van der Waals surface area (Å²) in [4.78, 5) is 11.6. The molecule has 2 aromatic heterocycles. The molecule has 5 heteroatoms. The van der Waals surface area contributed by atoms with Crippen LogP contribution in [0.25, 0.3) is 20.8 Å². The number of hydrogen-bond acceptors (Lipinski definition) is 5. The van der Waals surface area contributed by atoms with Gasteiger partial charge in [-0.15, -0.1) is 22.7 Å². The van der Waals surface area contributed by atoms with E-state index in [9.17, 15) is 0 Å². The molecular formula is C28H30N2OS2. The summed E-state index contributed by atoms with van der Waals surface area (Å²) >= 11 is 3.65. The zero-order valence-corrected chi connectivity index (χ0v) is 21.2. The smallest absolute Gasteiger partial charge is 0.127 e. The van der Waals surface area contributed by atoms with Crippen LogP contribution in [0.15, 0.2) is 53.5 Å². The number of thiazole rings is 1. The lowest BCUT2D eigenvalue weighted by molar-refractivity contribution is 0.289. The van der Waals surface area contributed by atoms with Gasteiger partial charge in [-0.2, -0.15) is 0 Å². The lowest BCUT2D eigenvalue weighted by atomic mass is 9.96. The molecule has 2 aromatic carbocycles. The molecule has 0 N–H and O–H groups in total. The molecule has 0 aliphatic heterocycles. The number of aryl methyl sites for hydroxylation is 1. The number of aromatic nitrogens is 1. The maximum Gasteiger partial charge on any atom is 0.127 e. The summed E-state index contributed by atoms with van der Waals surface area (Å²) in [5.74, 6) is 1.58. The molecule has 2 heterocycles. The Morgan fingerprint density at radius 3 is 2.61 bits per heavy atom. The third-order valence-corrected chi connectivity index (χ3v) is 8.41. The minimum atomic E-state index is 0.653. The number of ether oxygens (including phenoxy) is 1. The molecule has 170 valence electrons. The Morgan fingerprint density at radius 2 is 1.82 bits per heavy atom. The second-order valence-electron chi connectivity index (χ2n) is 9.13. The minimum absolute atomic E-state index is 0.653. The van der Waals surface area contributed by atoms with E-state index in [1.54, 1.807) is 11.3 Å². The van der Waals surface area contributed by atoms with Crippen molar-refractivity contribution in [3.63, 3.8) is 0 Å². The van der Waals surface area contributed by atoms with E-state index >= 15 is 0 Å². The first-order valence-electron chi connectivity index (χ1n) is 11.9. The van der Waals surface area contributed by atoms with Gasteiger partial charge in [-0.1, -0.05) is 26.0 Å². The van der Waals surface area contributed by atoms with Crippen molar-refractivity contribution >= 4 is 43.6 Å². The standard InChI is InChI=1S/C28H30N2OS2/c1-18(2)16-17-31-21-14-12-20(13-15-21)19(3)29-27-26(22-8-4-6-10-24(22)32-27)28-30-23-9-5-7-11-25(23)33-28/h5,7,9,11-15,18H,4,6,8,10,16-17H2,1-3H3. The van der Waals surface area contributed by atoms with Crippen LogP contribution in [-0.2, 0) is 12.8 Å². The topological polar surface area (TPSA) is 34.5 Å². The highest BCUT2D eigenvalue weighted by molar-refractivity contribution is 7.22. The first kappa shape index (κ1) is 22.3. The molecule has 3 nitrogen and oxygen atoms in total. The lowest BCUT2D eigenvalue weighted by Crippen LogP contribution is -2.01. The van der Waals surface area contributed by atoms with Crippen molar-refractivity contribution in [3.05, 3.63) is 64.5 Å². The Labute approximate surface area is 204 Å². The summed E-state index contributed by atoms with van der Waals surface area (Å²) in [6.07, 6.45) is 5.89. The molecule has 5 rings (SSSR count). The maximum absolute atomic E-state index is 5.89. The Balaban J connectivity index is 1.47. The van der Waals surface area contributed by atoms with E-state index in [0.717, 1.165) is 58.4 Å². The second-order valence-corrected chi connectivity index (χ2v) is 11.2. The van der Waals surface area contributed by atoms with E-state index in [1.807, 2.05) is 11.3 Å². The molecule has 33 heavy (non-hydrogen) atoms. The number of nitrogens with zero attached hydrogens (tertiary/aromatic N) is 2. The second kappa shape index (κ2) is 9.78. The van der Waals surface area contributed by atoms with Crippen LogP contribution in [0, 0.1) is 5.92 Å². The number of aliphatic imine (C=N–C) groups is 1. The minimum Gasteiger partial charge on any atom is -0.494 e. The number of fused-ring (bicyclic) bond motifs is 2. The van der Waals surface area contributed by atoms with Crippen molar-refractivity contribution in [2.45, 2.75) is 52.9 Å². The third-order valence-electron chi connectivity index (χ3n) is 6.17. The average molecular weight is 475 g/mol. The van der Waals surface area contributed by atoms with Crippen LogP contribution in [-0.4, -0.2) is 17.3 Å². The number of hydrogen-bond donors (Lipinski definition) is 0. The average Bonchev–Trinajstić information content (AvgIpc) is 3.39. The summed E-state index contributed by atoms with van der Waals surface area (Å²) in [6, 6.07) is 16.8. The van der Waals surface area contributed by atoms with Crippen molar-refractivity contribution in [1.82, 2.24) is 4.98 Å². The summed E-state index contributed by atoms with van der Waals surface area (Å²) in [5.41, 5.74) is 5.99. The van der Waals surface area contributed by atoms with Gasteiger partial charge in [-0.05, 0) is 92.5 Å². The molecule has 0 saturated carbocycles. The highest BCUT2D eigenvalue weighted by atomic mass is 32.1. The Bertz CT molecular complexity index is 1250. The van der Waals surface area contributed by atoms with Gasteiger partial charge in [0.2, 0.25) is 0 Å². The first-order chi connectivity index (χ1) is 16.1. The van der Waals surface area contributed by atoms with Gasteiger partial charge in [-0.25, -0.2) is 9.98 Å². The van der Waals surface area contributed by atoms with Crippen LogP contribution >= 0.6 is 22.7 Å². The molecule has 0 fully saturated rings. The molecular weight excluding hydrogens is 444 g/mol. The van der Waals surface area contributed by atoms with Gasteiger partial charge in [-0.3, -0.25) is 0 Å². The quantitative estimate of drug-likeness (QED) is 0.252.